The van der Waals surface area contributed by atoms with E-state index >= 15 is 0 Å². The quantitative estimate of drug-likeness (QED) is 0.530. The summed E-state index contributed by atoms with van der Waals surface area (Å²) in [5, 5.41) is 2.67. The molecule has 80 valence electrons. The minimum atomic E-state index is 0. The Balaban J connectivity index is 0.00000112. The number of benzene rings is 1. The van der Waals surface area contributed by atoms with Crippen molar-refractivity contribution < 1.29 is 28.5 Å². The molecule has 0 aliphatic heterocycles. The van der Waals surface area contributed by atoms with Gasteiger partial charge in [0.1, 0.15) is 6.54 Å². The van der Waals surface area contributed by atoms with E-state index in [4.69, 9.17) is 0 Å². The Morgan fingerprint density at radius 3 is 2.33 bits per heavy atom. The summed E-state index contributed by atoms with van der Waals surface area (Å²) in [7, 11) is 0. The third kappa shape index (κ3) is 2.48. The minimum absolute atomic E-state index is 0. The van der Waals surface area contributed by atoms with Gasteiger partial charge in [0.15, 0.2) is 11.9 Å². The molecule has 1 nitrogen and oxygen atoms in total. The van der Waals surface area contributed by atoms with Crippen LogP contribution in [0.25, 0.3) is 10.8 Å². The number of halogens is 1. The fourth-order valence-corrected chi connectivity index (χ4v) is 1.87. The van der Waals surface area contributed by atoms with Gasteiger partial charge in [-0.25, -0.2) is 4.57 Å². The lowest BCUT2D eigenvalue weighted by Gasteiger charge is -2.02. The van der Waals surface area contributed by atoms with E-state index in [0.29, 0.717) is 0 Å². The number of aryl methyl sites for hydroxylation is 2. The van der Waals surface area contributed by atoms with Gasteiger partial charge in [-0.2, -0.15) is 0 Å². The molecule has 0 aliphatic rings. The van der Waals surface area contributed by atoms with Crippen LogP contribution in [0.2, 0.25) is 0 Å². The molecule has 0 saturated heterocycles. The first kappa shape index (κ1) is 12.4. The maximum Gasteiger partial charge on any atom is 0.181 e. The Morgan fingerprint density at radius 1 is 1.07 bits per heavy atom. The minimum Gasteiger partial charge on any atom is -1.00 e. The lowest BCUT2D eigenvalue weighted by Crippen LogP contribution is -3.00. The average Bonchev–Trinajstić information content (AvgIpc) is 2.27. The zero-order valence-corrected chi connectivity index (χ0v) is 11.4. The van der Waals surface area contributed by atoms with Gasteiger partial charge < -0.3 is 24.0 Å². The maximum absolute atomic E-state index is 2.32. The van der Waals surface area contributed by atoms with Crippen molar-refractivity contribution in [2.75, 3.05) is 0 Å². The molecule has 0 saturated carbocycles. The smallest absolute Gasteiger partial charge is 0.181 e. The zero-order valence-electron chi connectivity index (χ0n) is 9.20. The highest BCUT2D eigenvalue weighted by atomic mass is 127. The van der Waals surface area contributed by atoms with Gasteiger partial charge >= 0.3 is 0 Å². The largest absolute Gasteiger partial charge is 1.00 e. The van der Waals surface area contributed by atoms with Gasteiger partial charge in [0.25, 0.3) is 0 Å². The number of nitrogens with zero attached hydrogens (tertiary/aromatic N) is 1. The summed E-state index contributed by atoms with van der Waals surface area (Å²) in [6, 6.07) is 10.8. The standard InChI is InChI=1S/C13H16N.HI/c1-3-13-9-11-7-5-6-8-12(11)10-14(13)4-2;/h5-10H,3-4H2,1-2H3;1H/q+1;/p-1. The summed E-state index contributed by atoms with van der Waals surface area (Å²) in [6.45, 7) is 5.44. The molecule has 1 aromatic carbocycles. The number of pyridine rings is 1. The highest BCUT2D eigenvalue weighted by molar-refractivity contribution is 5.80. The lowest BCUT2D eigenvalue weighted by atomic mass is 10.1. The van der Waals surface area contributed by atoms with Crippen molar-refractivity contribution >= 4 is 10.8 Å². The van der Waals surface area contributed by atoms with Crippen molar-refractivity contribution in [1.29, 1.82) is 0 Å². The van der Waals surface area contributed by atoms with Gasteiger partial charge in [-0.1, -0.05) is 25.1 Å². The molecule has 0 atom stereocenters. The third-order valence-corrected chi connectivity index (χ3v) is 2.68. The molecule has 0 aliphatic carbocycles. The van der Waals surface area contributed by atoms with Gasteiger partial charge in [0, 0.05) is 17.9 Å². The predicted octanol–water partition coefficient (Wildman–Crippen LogP) is -0.286. The van der Waals surface area contributed by atoms with Crippen molar-refractivity contribution in [3.05, 3.63) is 42.2 Å². The molecule has 0 bridgehead atoms. The molecule has 2 aromatic rings. The Bertz CT molecular complexity index is 409. The molecule has 0 N–H and O–H groups in total. The highest BCUT2D eigenvalue weighted by Crippen LogP contribution is 2.12. The van der Waals surface area contributed by atoms with Crippen LogP contribution in [-0.2, 0) is 13.0 Å². The van der Waals surface area contributed by atoms with E-state index in [-0.39, 0.29) is 24.0 Å². The second-order valence-electron chi connectivity index (χ2n) is 3.53. The van der Waals surface area contributed by atoms with Crippen LogP contribution >= 0.6 is 0 Å². The maximum atomic E-state index is 2.32. The number of hydrogen-bond acceptors (Lipinski definition) is 0. The van der Waals surface area contributed by atoms with Crippen molar-refractivity contribution in [3.8, 4) is 0 Å². The van der Waals surface area contributed by atoms with Crippen LogP contribution in [0.5, 0.6) is 0 Å². The van der Waals surface area contributed by atoms with E-state index in [1.165, 1.54) is 16.5 Å². The van der Waals surface area contributed by atoms with Crippen molar-refractivity contribution in [3.63, 3.8) is 0 Å². The van der Waals surface area contributed by atoms with Gasteiger partial charge in [-0.3, -0.25) is 0 Å². The molecule has 0 radical (unpaired) electrons. The highest BCUT2D eigenvalue weighted by Gasteiger charge is 2.07. The third-order valence-electron chi connectivity index (χ3n) is 2.68. The molecule has 15 heavy (non-hydrogen) atoms. The summed E-state index contributed by atoms with van der Waals surface area (Å²) in [5.74, 6) is 0. The first-order valence-electron chi connectivity index (χ1n) is 5.26. The van der Waals surface area contributed by atoms with Crippen LogP contribution in [0, 0.1) is 0 Å². The number of aromatic nitrogens is 1. The molecule has 2 heteroatoms. The Labute approximate surface area is 108 Å². The molecule has 0 fully saturated rings. The van der Waals surface area contributed by atoms with E-state index in [1.807, 2.05) is 0 Å². The van der Waals surface area contributed by atoms with Crippen LogP contribution < -0.4 is 28.5 Å². The summed E-state index contributed by atoms with van der Waals surface area (Å²) in [6.07, 6.45) is 3.34. The van der Waals surface area contributed by atoms with E-state index < -0.39 is 0 Å². The topological polar surface area (TPSA) is 3.88 Å². The number of rotatable bonds is 2. The molecule has 0 spiro atoms. The van der Waals surface area contributed by atoms with E-state index in [9.17, 15) is 0 Å². The zero-order chi connectivity index (χ0) is 9.97. The summed E-state index contributed by atoms with van der Waals surface area (Å²) >= 11 is 0. The summed E-state index contributed by atoms with van der Waals surface area (Å²) in [5.41, 5.74) is 1.41. The molecular weight excluding hydrogens is 297 g/mol. The van der Waals surface area contributed by atoms with E-state index in [0.717, 1.165) is 13.0 Å². The lowest BCUT2D eigenvalue weighted by molar-refractivity contribution is -0.699. The Kier molecular flexibility index (Phi) is 4.51. The number of fused-ring (bicyclic) bond motifs is 1. The SMILES string of the molecule is CCc1cc2ccccc2c[n+]1CC.[I-]. The van der Waals surface area contributed by atoms with Gasteiger partial charge in [-0.05, 0) is 18.4 Å². The van der Waals surface area contributed by atoms with Crippen LogP contribution in [0.4, 0.5) is 0 Å². The summed E-state index contributed by atoms with van der Waals surface area (Å²) < 4.78 is 2.32. The normalized spacial score (nSPS) is 10.0. The number of hydrogen-bond donors (Lipinski definition) is 0. The average molecular weight is 313 g/mol. The first-order valence-corrected chi connectivity index (χ1v) is 5.26. The van der Waals surface area contributed by atoms with Crippen molar-refractivity contribution in [2.45, 2.75) is 26.8 Å². The molecule has 0 amide bonds. The Morgan fingerprint density at radius 2 is 1.73 bits per heavy atom. The molecule has 0 unspecified atom stereocenters. The van der Waals surface area contributed by atoms with Crippen LogP contribution in [0.3, 0.4) is 0 Å². The fourth-order valence-electron chi connectivity index (χ4n) is 1.87. The van der Waals surface area contributed by atoms with E-state index in [1.54, 1.807) is 0 Å². The van der Waals surface area contributed by atoms with Gasteiger partial charge in [0.2, 0.25) is 0 Å². The van der Waals surface area contributed by atoms with E-state index in [2.05, 4.69) is 54.9 Å². The van der Waals surface area contributed by atoms with Crippen LogP contribution in [-0.4, -0.2) is 0 Å². The first-order chi connectivity index (χ1) is 6.85. The van der Waals surface area contributed by atoms with Gasteiger partial charge in [0.05, 0.1) is 0 Å². The monoisotopic (exact) mass is 313 g/mol. The van der Waals surface area contributed by atoms with Crippen molar-refractivity contribution in [1.82, 2.24) is 0 Å². The molecule has 1 aromatic heterocycles. The molecular formula is C13H16IN. The Hall–Kier alpha value is -0.640. The molecule has 2 rings (SSSR count). The van der Waals surface area contributed by atoms with Gasteiger partial charge in [-0.15, -0.1) is 0 Å². The summed E-state index contributed by atoms with van der Waals surface area (Å²) in [4.78, 5) is 0. The van der Waals surface area contributed by atoms with Crippen LogP contribution in [0.15, 0.2) is 36.5 Å². The predicted molar refractivity (Wildman–Crippen MR) is 59.2 cm³/mol. The molecule has 1 heterocycles. The fraction of sp³-hybridized carbons (Fsp3) is 0.308. The van der Waals surface area contributed by atoms with Crippen molar-refractivity contribution in [2.24, 2.45) is 0 Å². The van der Waals surface area contributed by atoms with Crippen LogP contribution in [0.1, 0.15) is 19.5 Å². The second kappa shape index (κ2) is 5.45. The second-order valence-corrected chi connectivity index (χ2v) is 3.53.